The number of aliphatic hydroxyl groups excluding tert-OH is 1. The Kier molecular flexibility index (Phi) is 8.17. The minimum atomic E-state index is -0.509. The first kappa shape index (κ1) is 23.4. The highest BCUT2D eigenvalue weighted by atomic mass is 35.5. The maximum absolute atomic E-state index is 13.6. The maximum Gasteiger partial charge on any atom is 0.318 e. The molecule has 1 aromatic carbocycles. The third-order valence-electron chi connectivity index (χ3n) is 5.26. The summed E-state index contributed by atoms with van der Waals surface area (Å²) in [4.78, 5) is 23.7. The molecule has 0 saturated carbocycles. The highest BCUT2D eigenvalue weighted by Crippen LogP contribution is 2.23. The van der Waals surface area contributed by atoms with E-state index < -0.39 is 11.9 Å². The molecule has 168 valence electrons. The highest BCUT2D eigenvalue weighted by molar-refractivity contribution is 6.30. The minimum absolute atomic E-state index is 0.00137. The average molecular weight is 451 g/mol. The van der Waals surface area contributed by atoms with Crippen molar-refractivity contribution in [2.75, 3.05) is 26.4 Å². The number of aromatic nitrogens is 2. The van der Waals surface area contributed by atoms with Gasteiger partial charge in [0.15, 0.2) is 0 Å². The van der Waals surface area contributed by atoms with Gasteiger partial charge in [-0.25, -0.2) is 19.2 Å². The molecule has 0 spiro atoms. The molecule has 3 rings (SSSR count). The van der Waals surface area contributed by atoms with Gasteiger partial charge in [0.2, 0.25) is 0 Å². The van der Waals surface area contributed by atoms with Crippen LogP contribution in [0.3, 0.4) is 0 Å². The number of benzene rings is 1. The fourth-order valence-electron chi connectivity index (χ4n) is 3.42. The van der Waals surface area contributed by atoms with Crippen LogP contribution in [0.1, 0.15) is 42.5 Å². The first-order valence-electron chi connectivity index (χ1n) is 10.4. The van der Waals surface area contributed by atoms with Crippen molar-refractivity contribution in [2.24, 2.45) is 5.92 Å². The van der Waals surface area contributed by atoms with Crippen LogP contribution >= 0.6 is 11.6 Å². The van der Waals surface area contributed by atoms with E-state index in [4.69, 9.17) is 16.3 Å². The second-order valence-electron chi connectivity index (χ2n) is 7.76. The molecule has 1 aliphatic heterocycles. The van der Waals surface area contributed by atoms with Crippen molar-refractivity contribution in [3.05, 3.63) is 57.9 Å². The Morgan fingerprint density at radius 3 is 2.97 bits per heavy atom. The highest BCUT2D eigenvalue weighted by Gasteiger charge is 2.25. The molecule has 1 aliphatic rings. The second-order valence-corrected chi connectivity index (χ2v) is 8.16. The van der Waals surface area contributed by atoms with Gasteiger partial charge in [0, 0.05) is 32.4 Å². The Morgan fingerprint density at radius 1 is 1.45 bits per heavy atom. The Morgan fingerprint density at radius 2 is 2.26 bits per heavy atom. The summed E-state index contributed by atoms with van der Waals surface area (Å²) in [6, 6.07) is 3.68. The van der Waals surface area contributed by atoms with Crippen LogP contribution in [0.2, 0.25) is 5.02 Å². The van der Waals surface area contributed by atoms with Crippen molar-refractivity contribution < 1.29 is 19.0 Å². The number of aliphatic hydroxyl groups is 1. The van der Waals surface area contributed by atoms with E-state index >= 15 is 0 Å². The number of carbonyl (C=O) groups excluding carboxylic acids is 1. The number of carbonyl (C=O) groups is 1. The van der Waals surface area contributed by atoms with E-state index in [1.54, 1.807) is 11.0 Å². The summed E-state index contributed by atoms with van der Waals surface area (Å²) in [5.74, 6) is 0.228. The van der Waals surface area contributed by atoms with E-state index in [9.17, 15) is 14.3 Å². The smallest absolute Gasteiger partial charge is 0.318 e. The van der Waals surface area contributed by atoms with Crippen LogP contribution in [0, 0.1) is 11.7 Å². The average Bonchev–Trinajstić information content (AvgIpc) is 2.77. The Bertz CT molecular complexity index is 914. The van der Waals surface area contributed by atoms with E-state index in [0.717, 1.165) is 11.3 Å². The van der Waals surface area contributed by atoms with Gasteiger partial charge in [0.05, 0.1) is 29.9 Å². The number of halogens is 2. The number of rotatable bonds is 8. The van der Waals surface area contributed by atoms with Crippen molar-refractivity contribution in [3.8, 4) is 0 Å². The van der Waals surface area contributed by atoms with Crippen molar-refractivity contribution in [1.82, 2.24) is 20.2 Å². The van der Waals surface area contributed by atoms with Gasteiger partial charge in [-0.3, -0.25) is 0 Å². The molecule has 0 unspecified atom stereocenters. The van der Waals surface area contributed by atoms with Gasteiger partial charge in [0.1, 0.15) is 11.6 Å². The molecule has 7 nitrogen and oxygen atoms in total. The SMILES string of the molecule is CCOC[C@@H](NC(=O)N1CCc2cnc(C[C@@H](C)CO)nc2C1)c1ccc(F)c(Cl)c1. The summed E-state index contributed by atoms with van der Waals surface area (Å²) in [5, 5.41) is 12.2. The first-order valence-corrected chi connectivity index (χ1v) is 10.8. The normalized spacial score (nSPS) is 15.3. The van der Waals surface area contributed by atoms with Crippen LogP contribution in [0.4, 0.5) is 9.18 Å². The van der Waals surface area contributed by atoms with E-state index in [-0.39, 0.29) is 30.2 Å². The molecule has 2 aromatic rings. The summed E-state index contributed by atoms with van der Waals surface area (Å²) >= 11 is 5.93. The van der Waals surface area contributed by atoms with Crippen LogP contribution in [-0.2, 0) is 24.1 Å². The van der Waals surface area contributed by atoms with Gasteiger partial charge in [-0.1, -0.05) is 24.6 Å². The molecule has 2 amide bonds. The zero-order chi connectivity index (χ0) is 22.4. The molecule has 31 heavy (non-hydrogen) atoms. The van der Waals surface area contributed by atoms with Crippen LogP contribution in [0.5, 0.6) is 0 Å². The molecule has 2 atom stereocenters. The quantitative estimate of drug-likeness (QED) is 0.644. The number of ether oxygens (including phenoxy) is 1. The monoisotopic (exact) mass is 450 g/mol. The molecule has 2 N–H and O–H groups in total. The Hall–Kier alpha value is -2.29. The minimum Gasteiger partial charge on any atom is -0.396 e. The lowest BCUT2D eigenvalue weighted by Crippen LogP contribution is -2.45. The molecule has 0 saturated heterocycles. The summed E-state index contributed by atoms with van der Waals surface area (Å²) in [6.07, 6.45) is 3.06. The van der Waals surface area contributed by atoms with Gasteiger partial charge in [-0.15, -0.1) is 0 Å². The summed E-state index contributed by atoms with van der Waals surface area (Å²) < 4.78 is 19.1. The molecule has 0 aliphatic carbocycles. The van der Waals surface area contributed by atoms with Crippen LogP contribution < -0.4 is 5.32 Å². The molecule has 0 radical (unpaired) electrons. The number of hydrogen-bond donors (Lipinski definition) is 2. The molecule has 1 aromatic heterocycles. The van der Waals surface area contributed by atoms with E-state index in [2.05, 4.69) is 15.3 Å². The predicted molar refractivity (Wildman–Crippen MR) is 115 cm³/mol. The standard InChI is InChI=1S/C22H28ClFN4O3/c1-3-31-13-20(15-4-5-18(24)17(23)9-15)27-22(30)28-7-6-16-10-25-21(8-14(2)12-29)26-19(16)11-28/h4-5,9-10,14,20,29H,3,6-8,11-13H2,1-2H3,(H,27,30)/t14-,20-/m1/s1. The number of nitrogens with one attached hydrogen (secondary N) is 1. The van der Waals surface area contributed by atoms with E-state index in [1.165, 1.54) is 12.1 Å². The lowest BCUT2D eigenvalue weighted by Gasteiger charge is -2.30. The number of hydrogen-bond acceptors (Lipinski definition) is 5. The third kappa shape index (κ3) is 6.12. The largest absolute Gasteiger partial charge is 0.396 e. The Balaban J connectivity index is 1.71. The summed E-state index contributed by atoms with van der Waals surface area (Å²) in [6.45, 7) is 5.53. The van der Waals surface area contributed by atoms with Crippen molar-refractivity contribution in [1.29, 1.82) is 0 Å². The van der Waals surface area contributed by atoms with Crippen molar-refractivity contribution >= 4 is 17.6 Å². The zero-order valence-corrected chi connectivity index (χ0v) is 18.5. The lowest BCUT2D eigenvalue weighted by molar-refractivity contribution is 0.119. The topological polar surface area (TPSA) is 87.6 Å². The van der Waals surface area contributed by atoms with Gasteiger partial charge in [0.25, 0.3) is 0 Å². The van der Waals surface area contributed by atoms with Gasteiger partial charge < -0.3 is 20.1 Å². The van der Waals surface area contributed by atoms with Gasteiger partial charge in [-0.2, -0.15) is 0 Å². The van der Waals surface area contributed by atoms with Gasteiger partial charge in [-0.05, 0) is 42.5 Å². The third-order valence-corrected chi connectivity index (χ3v) is 5.55. The summed E-state index contributed by atoms with van der Waals surface area (Å²) in [7, 11) is 0. The van der Waals surface area contributed by atoms with Crippen molar-refractivity contribution in [2.45, 2.75) is 39.3 Å². The van der Waals surface area contributed by atoms with E-state index in [0.29, 0.717) is 43.9 Å². The molecular weight excluding hydrogens is 423 g/mol. The number of amides is 2. The van der Waals surface area contributed by atoms with E-state index in [1.807, 2.05) is 20.0 Å². The predicted octanol–water partition coefficient (Wildman–Crippen LogP) is 3.29. The number of nitrogens with zero attached hydrogens (tertiary/aromatic N) is 3. The summed E-state index contributed by atoms with van der Waals surface area (Å²) in [5.41, 5.74) is 2.52. The lowest BCUT2D eigenvalue weighted by atomic mass is 10.1. The molecule has 2 heterocycles. The molecule has 0 bridgehead atoms. The Labute approximate surface area is 186 Å². The fraction of sp³-hybridized carbons (Fsp3) is 0.500. The molecule has 0 fully saturated rings. The van der Waals surface area contributed by atoms with Crippen LogP contribution in [0.15, 0.2) is 24.4 Å². The number of fused-ring (bicyclic) bond motifs is 1. The first-order chi connectivity index (χ1) is 14.9. The molecule has 9 heteroatoms. The van der Waals surface area contributed by atoms with Gasteiger partial charge >= 0.3 is 6.03 Å². The number of urea groups is 1. The van der Waals surface area contributed by atoms with Crippen LogP contribution in [-0.4, -0.2) is 52.4 Å². The zero-order valence-electron chi connectivity index (χ0n) is 17.8. The fourth-order valence-corrected chi connectivity index (χ4v) is 3.61. The maximum atomic E-state index is 13.6. The van der Waals surface area contributed by atoms with Crippen LogP contribution in [0.25, 0.3) is 0 Å². The molecular formula is C22H28ClFN4O3. The van der Waals surface area contributed by atoms with Crippen molar-refractivity contribution in [3.63, 3.8) is 0 Å². The second kappa shape index (κ2) is 10.8.